The van der Waals surface area contributed by atoms with Crippen LogP contribution in [0.2, 0.25) is 0 Å². The highest BCUT2D eigenvalue weighted by molar-refractivity contribution is 5.95. The molecule has 0 unspecified atom stereocenters. The molecule has 7 nitrogen and oxygen atoms in total. The fraction of sp³-hybridized carbons (Fsp3) is 0.0476. The first kappa shape index (κ1) is 18.8. The van der Waals surface area contributed by atoms with Gasteiger partial charge in [-0.15, -0.1) is 0 Å². The van der Waals surface area contributed by atoms with Crippen molar-refractivity contribution in [1.82, 2.24) is 0 Å². The quantitative estimate of drug-likeness (QED) is 0.277. The van der Waals surface area contributed by atoms with E-state index in [2.05, 4.69) is 0 Å². The molecule has 7 heteroatoms. The van der Waals surface area contributed by atoms with Crippen molar-refractivity contribution in [2.45, 2.75) is 6.61 Å². The zero-order valence-electron chi connectivity index (χ0n) is 14.6. The van der Waals surface area contributed by atoms with Crippen molar-refractivity contribution < 1.29 is 24.0 Å². The van der Waals surface area contributed by atoms with E-state index in [9.17, 15) is 19.7 Å². The van der Waals surface area contributed by atoms with Crippen molar-refractivity contribution in [2.24, 2.45) is 0 Å². The average Bonchev–Trinajstić information content (AvgIpc) is 2.73. The second-order valence-corrected chi connectivity index (χ2v) is 5.75. The molecule has 3 aromatic carbocycles. The number of ether oxygens (including phenoxy) is 2. The van der Waals surface area contributed by atoms with E-state index in [4.69, 9.17) is 9.47 Å². The zero-order valence-corrected chi connectivity index (χ0v) is 14.6. The van der Waals surface area contributed by atoms with Crippen LogP contribution >= 0.6 is 0 Å². The zero-order chi connectivity index (χ0) is 19.9. The lowest BCUT2D eigenvalue weighted by Crippen LogP contribution is -2.11. The molecule has 0 radical (unpaired) electrons. The van der Waals surface area contributed by atoms with Gasteiger partial charge in [0.25, 0.3) is 5.69 Å². The molecule has 28 heavy (non-hydrogen) atoms. The molecule has 0 atom stereocenters. The number of rotatable bonds is 6. The summed E-state index contributed by atoms with van der Waals surface area (Å²) >= 11 is 0. The van der Waals surface area contributed by atoms with Crippen molar-refractivity contribution >= 4 is 17.6 Å². The van der Waals surface area contributed by atoms with Crippen LogP contribution in [0.5, 0.6) is 5.75 Å². The second-order valence-electron chi connectivity index (χ2n) is 5.75. The van der Waals surface area contributed by atoms with Crippen molar-refractivity contribution in [3.63, 3.8) is 0 Å². The minimum absolute atomic E-state index is 0.147. The maximum atomic E-state index is 12.2. The van der Waals surface area contributed by atoms with Crippen LogP contribution in [0.4, 0.5) is 5.69 Å². The van der Waals surface area contributed by atoms with Gasteiger partial charge in [-0.1, -0.05) is 42.5 Å². The Morgan fingerprint density at radius 1 is 0.821 bits per heavy atom. The molecule has 3 aromatic rings. The van der Waals surface area contributed by atoms with Gasteiger partial charge in [0.15, 0.2) is 0 Å². The summed E-state index contributed by atoms with van der Waals surface area (Å²) in [6.45, 7) is 0.147. The topological polar surface area (TPSA) is 95.7 Å². The van der Waals surface area contributed by atoms with E-state index < -0.39 is 16.9 Å². The lowest BCUT2D eigenvalue weighted by Gasteiger charge is -2.07. The SMILES string of the molecule is O=C(OCc1ccccc1)c1ccc(OC(=O)c2ccccc2[N+](=O)[O-])cc1. The van der Waals surface area contributed by atoms with E-state index >= 15 is 0 Å². The smallest absolute Gasteiger partial charge is 0.350 e. The summed E-state index contributed by atoms with van der Waals surface area (Å²) in [6, 6.07) is 20.5. The number of carbonyl (C=O) groups is 2. The van der Waals surface area contributed by atoms with Crippen molar-refractivity contribution in [3.05, 3.63) is 106 Å². The fourth-order valence-electron chi connectivity index (χ4n) is 2.43. The minimum Gasteiger partial charge on any atom is -0.457 e. The molecular weight excluding hydrogens is 362 g/mol. The molecule has 140 valence electrons. The third kappa shape index (κ3) is 4.59. The Kier molecular flexibility index (Phi) is 5.76. The highest BCUT2D eigenvalue weighted by atomic mass is 16.6. The van der Waals surface area contributed by atoms with Crippen LogP contribution in [0.25, 0.3) is 0 Å². The molecule has 0 aliphatic carbocycles. The van der Waals surface area contributed by atoms with Crippen LogP contribution in [0.1, 0.15) is 26.3 Å². The first-order valence-corrected chi connectivity index (χ1v) is 8.31. The molecule has 0 heterocycles. The number of esters is 2. The summed E-state index contributed by atoms with van der Waals surface area (Å²) in [5, 5.41) is 11.0. The van der Waals surface area contributed by atoms with Gasteiger partial charge in [-0.05, 0) is 35.9 Å². The second kappa shape index (κ2) is 8.59. The van der Waals surface area contributed by atoms with E-state index in [1.165, 1.54) is 48.5 Å². The molecule has 0 spiro atoms. The van der Waals surface area contributed by atoms with Gasteiger partial charge in [0.05, 0.1) is 10.5 Å². The van der Waals surface area contributed by atoms with Crippen LogP contribution in [-0.2, 0) is 11.3 Å². The number of nitro groups is 1. The van der Waals surface area contributed by atoms with Gasteiger partial charge in [0.2, 0.25) is 0 Å². The van der Waals surface area contributed by atoms with E-state index in [0.717, 1.165) is 5.56 Å². The highest BCUT2D eigenvalue weighted by Crippen LogP contribution is 2.21. The summed E-state index contributed by atoms with van der Waals surface area (Å²) < 4.78 is 10.4. The van der Waals surface area contributed by atoms with Gasteiger partial charge in [-0.25, -0.2) is 9.59 Å². The summed E-state index contributed by atoms with van der Waals surface area (Å²) in [7, 11) is 0. The Morgan fingerprint density at radius 2 is 1.46 bits per heavy atom. The molecule has 0 bridgehead atoms. The molecular formula is C21H15NO6. The first-order valence-electron chi connectivity index (χ1n) is 8.31. The number of benzene rings is 3. The number of para-hydroxylation sites is 1. The fourth-order valence-corrected chi connectivity index (χ4v) is 2.43. The Morgan fingerprint density at radius 3 is 2.14 bits per heavy atom. The maximum Gasteiger partial charge on any atom is 0.350 e. The third-order valence-corrected chi connectivity index (χ3v) is 3.83. The van der Waals surface area contributed by atoms with E-state index in [-0.39, 0.29) is 23.6 Å². The highest BCUT2D eigenvalue weighted by Gasteiger charge is 2.21. The van der Waals surface area contributed by atoms with Gasteiger partial charge in [0, 0.05) is 6.07 Å². The van der Waals surface area contributed by atoms with Gasteiger partial charge in [-0.3, -0.25) is 10.1 Å². The Bertz CT molecular complexity index is 999. The van der Waals surface area contributed by atoms with Crippen LogP contribution in [0.3, 0.4) is 0 Å². The summed E-state index contributed by atoms with van der Waals surface area (Å²) in [5.74, 6) is -1.21. The third-order valence-electron chi connectivity index (χ3n) is 3.83. The number of hydrogen-bond donors (Lipinski definition) is 0. The van der Waals surface area contributed by atoms with Crippen LogP contribution in [0, 0.1) is 10.1 Å². The van der Waals surface area contributed by atoms with E-state index in [1.807, 2.05) is 30.3 Å². The average molecular weight is 377 g/mol. The Balaban J connectivity index is 1.63. The molecule has 0 aliphatic heterocycles. The van der Waals surface area contributed by atoms with Gasteiger partial charge >= 0.3 is 11.9 Å². The normalized spacial score (nSPS) is 10.1. The molecule has 0 N–H and O–H groups in total. The largest absolute Gasteiger partial charge is 0.457 e. The molecule has 0 saturated heterocycles. The van der Waals surface area contributed by atoms with Gasteiger partial charge < -0.3 is 9.47 Å². The van der Waals surface area contributed by atoms with Crippen molar-refractivity contribution in [3.8, 4) is 5.75 Å². The summed E-state index contributed by atoms with van der Waals surface area (Å²) in [5.41, 5.74) is 0.666. The molecule has 3 rings (SSSR count). The minimum atomic E-state index is -0.855. The van der Waals surface area contributed by atoms with Crippen LogP contribution < -0.4 is 4.74 Å². The van der Waals surface area contributed by atoms with Crippen molar-refractivity contribution in [2.75, 3.05) is 0 Å². The Hall–Kier alpha value is -4.00. The Labute approximate surface area is 160 Å². The predicted octanol–water partition coefficient (Wildman–Crippen LogP) is 4.17. The van der Waals surface area contributed by atoms with Crippen molar-refractivity contribution in [1.29, 1.82) is 0 Å². The predicted molar refractivity (Wildman–Crippen MR) is 100 cm³/mol. The molecule has 0 aliphatic rings. The summed E-state index contributed by atoms with van der Waals surface area (Å²) in [4.78, 5) is 34.6. The van der Waals surface area contributed by atoms with Crippen LogP contribution in [-0.4, -0.2) is 16.9 Å². The lowest BCUT2D eigenvalue weighted by molar-refractivity contribution is -0.385. The van der Waals surface area contributed by atoms with Crippen LogP contribution in [0.15, 0.2) is 78.9 Å². The van der Waals surface area contributed by atoms with Gasteiger partial charge in [0.1, 0.15) is 17.9 Å². The molecule has 0 aromatic heterocycles. The maximum absolute atomic E-state index is 12.2. The number of nitrogens with zero attached hydrogens (tertiary/aromatic N) is 1. The monoisotopic (exact) mass is 377 g/mol. The first-order chi connectivity index (χ1) is 13.5. The van der Waals surface area contributed by atoms with E-state index in [1.54, 1.807) is 0 Å². The number of hydrogen-bond acceptors (Lipinski definition) is 6. The number of carbonyl (C=O) groups excluding carboxylic acids is 2. The lowest BCUT2D eigenvalue weighted by atomic mass is 10.2. The standard InChI is InChI=1S/C21H15NO6/c23-20(27-14-15-6-2-1-3-7-15)16-10-12-17(13-11-16)28-21(24)18-8-4-5-9-19(18)22(25)26/h1-13H,14H2. The van der Waals surface area contributed by atoms with E-state index in [0.29, 0.717) is 5.56 Å². The number of nitro benzene ring substituents is 1. The molecule has 0 saturated carbocycles. The summed E-state index contributed by atoms with van der Waals surface area (Å²) in [6.07, 6.45) is 0. The molecule has 0 fully saturated rings. The van der Waals surface area contributed by atoms with Gasteiger partial charge in [-0.2, -0.15) is 0 Å². The molecule has 0 amide bonds.